The van der Waals surface area contributed by atoms with Crippen molar-refractivity contribution in [2.45, 2.75) is 12.5 Å². The molecule has 3 heterocycles. The lowest BCUT2D eigenvalue weighted by Gasteiger charge is -2.18. The van der Waals surface area contributed by atoms with Crippen LogP contribution in [0.3, 0.4) is 0 Å². The van der Waals surface area contributed by atoms with Crippen LogP contribution in [-0.4, -0.2) is 40.1 Å². The van der Waals surface area contributed by atoms with Gasteiger partial charge >= 0.3 is 0 Å². The highest BCUT2D eigenvalue weighted by molar-refractivity contribution is 5.90. The number of hydrogen-bond acceptors (Lipinski definition) is 4. The Morgan fingerprint density at radius 2 is 2.20 bits per heavy atom. The van der Waals surface area contributed by atoms with E-state index in [0.717, 1.165) is 6.42 Å². The van der Waals surface area contributed by atoms with Gasteiger partial charge in [-0.3, -0.25) is 9.78 Å². The van der Waals surface area contributed by atoms with E-state index in [1.807, 2.05) is 12.1 Å². The van der Waals surface area contributed by atoms with Crippen LogP contribution < -0.4 is 5.32 Å². The van der Waals surface area contributed by atoms with Gasteiger partial charge in [-0.1, -0.05) is 0 Å². The number of imidazole rings is 1. The van der Waals surface area contributed by atoms with Crippen LogP contribution in [-0.2, 0) is 11.2 Å². The maximum absolute atomic E-state index is 12.0. The van der Waals surface area contributed by atoms with Crippen molar-refractivity contribution in [1.29, 1.82) is 0 Å². The minimum Gasteiger partial charge on any atom is -0.379 e. The molecule has 2 atom stereocenters. The van der Waals surface area contributed by atoms with Crippen LogP contribution in [0.1, 0.15) is 16.2 Å². The summed E-state index contributed by atoms with van der Waals surface area (Å²) in [6.45, 7) is 1.20. The number of nitrogens with zero attached hydrogens (tertiary/aromatic N) is 2. The predicted octanol–water partition coefficient (Wildman–Crippen LogP) is 0.792. The zero-order chi connectivity index (χ0) is 13.8. The van der Waals surface area contributed by atoms with E-state index in [1.165, 1.54) is 5.56 Å². The number of carbonyl (C=O) groups excluding carboxylic acids is 1. The number of nitrogens with one attached hydrogen (secondary N) is 2. The van der Waals surface area contributed by atoms with Crippen LogP contribution in [0, 0.1) is 5.92 Å². The molecule has 2 aromatic rings. The van der Waals surface area contributed by atoms with Crippen LogP contribution in [0.5, 0.6) is 0 Å². The number of aromatic amines is 1. The summed E-state index contributed by atoms with van der Waals surface area (Å²) in [5, 5.41) is 2.98. The first-order valence-corrected chi connectivity index (χ1v) is 6.60. The molecule has 1 amide bonds. The number of pyridine rings is 1. The minimum atomic E-state index is -0.190. The maximum atomic E-state index is 12.0. The molecule has 1 aliphatic rings. The molecule has 6 heteroatoms. The van der Waals surface area contributed by atoms with E-state index in [4.69, 9.17) is 4.74 Å². The average molecular weight is 272 g/mol. The first-order chi connectivity index (χ1) is 9.83. The highest BCUT2D eigenvalue weighted by Gasteiger charge is 2.30. The lowest BCUT2D eigenvalue weighted by Crippen LogP contribution is -2.41. The second-order valence-corrected chi connectivity index (χ2v) is 4.87. The fraction of sp³-hybridized carbons (Fsp3) is 0.357. The molecule has 1 aliphatic heterocycles. The highest BCUT2D eigenvalue weighted by atomic mass is 16.5. The number of hydrogen-bond donors (Lipinski definition) is 2. The van der Waals surface area contributed by atoms with Gasteiger partial charge in [0.2, 0.25) is 0 Å². The number of ether oxygens (including phenoxy) is 1. The highest BCUT2D eigenvalue weighted by Crippen LogP contribution is 2.19. The van der Waals surface area contributed by atoms with Gasteiger partial charge in [-0.15, -0.1) is 0 Å². The van der Waals surface area contributed by atoms with Gasteiger partial charge in [0.1, 0.15) is 0 Å². The predicted molar refractivity (Wildman–Crippen MR) is 72.1 cm³/mol. The van der Waals surface area contributed by atoms with Crippen molar-refractivity contribution in [3.63, 3.8) is 0 Å². The molecule has 0 unspecified atom stereocenters. The van der Waals surface area contributed by atoms with E-state index in [9.17, 15) is 4.79 Å². The fourth-order valence-electron chi connectivity index (χ4n) is 2.41. The molecule has 104 valence electrons. The lowest BCUT2D eigenvalue weighted by molar-refractivity contribution is 0.0915. The van der Waals surface area contributed by atoms with Gasteiger partial charge in [0.25, 0.3) is 5.91 Å². The number of carbonyl (C=O) groups is 1. The van der Waals surface area contributed by atoms with Crippen molar-refractivity contribution in [1.82, 2.24) is 20.3 Å². The van der Waals surface area contributed by atoms with Crippen molar-refractivity contribution in [3.8, 4) is 0 Å². The van der Waals surface area contributed by atoms with Crippen molar-refractivity contribution < 1.29 is 9.53 Å². The van der Waals surface area contributed by atoms with Gasteiger partial charge in [-0.05, 0) is 24.1 Å². The second-order valence-electron chi connectivity index (χ2n) is 4.87. The molecular formula is C14H16N4O2. The molecule has 0 bridgehead atoms. The van der Waals surface area contributed by atoms with E-state index in [0.29, 0.717) is 19.0 Å². The number of rotatable bonds is 4. The molecule has 2 N–H and O–H groups in total. The third-order valence-electron chi connectivity index (χ3n) is 3.48. The summed E-state index contributed by atoms with van der Waals surface area (Å²) in [5.41, 5.74) is 1.20. The Hall–Kier alpha value is -2.21. The quantitative estimate of drug-likeness (QED) is 0.862. The van der Waals surface area contributed by atoms with E-state index in [1.54, 1.807) is 24.8 Å². The Bertz CT molecular complexity index is 556. The van der Waals surface area contributed by atoms with E-state index >= 15 is 0 Å². The SMILES string of the molecule is O=C(N[C@H]1COC[C@H]1Cc1ccncc1)c1ncc[nH]1. The Balaban J connectivity index is 1.62. The van der Waals surface area contributed by atoms with Crippen LogP contribution in [0.4, 0.5) is 0 Å². The van der Waals surface area contributed by atoms with Gasteiger partial charge in [-0.2, -0.15) is 0 Å². The Morgan fingerprint density at radius 1 is 1.35 bits per heavy atom. The monoisotopic (exact) mass is 272 g/mol. The molecule has 0 aromatic carbocycles. The zero-order valence-corrected chi connectivity index (χ0v) is 11.0. The van der Waals surface area contributed by atoms with E-state index < -0.39 is 0 Å². The molecule has 2 aromatic heterocycles. The number of aromatic nitrogens is 3. The summed E-state index contributed by atoms with van der Waals surface area (Å²) in [7, 11) is 0. The molecule has 1 fully saturated rings. The van der Waals surface area contributed by atoms with Crippen molar-refractivity contribution in [2.24, 2.45) is 5.92 Å². The average Bonchev–Trinajstić information content (AvgIpc) is 3.12. The third-order valence-corrected chi connectivity index (χ3v) is 3.48. The Labute approximate surface area is 116 Å². The maximum Gasteiger partial charge on any atom is 0.287 e. The molecule has 0 aliphatic carbocycles. The van der Waals surface area contributed by atoms with Crippen LogP contribution >= 0.6 is 0 Å². The summed E-state index contributed by atoms with van der Waals surface area (Å²) in [5.74, 6) is 0.418. The fourth-order valence-corrected chi connectivity index (χ4v) is 2.41. The molecule has 6 nitrogen and oxygen atoms in total. The molecule has 0 radical (unpaired) electrons. The van der Waals surface area contributed by atoms with Crippen LogP contribution in [0.2, 0.25) is 0 Å². The first kappa shape index (κ1) is 12.8. The van der Waals surface area contributed by atoms with Gasteiger partial charge in [0.15, 0.2) is 5.82 Å². The topological polar surface area (TPSA) is 79.9 Å². The second kappa shape index (κ2) is 5.83. The molecule has 0 saturated carbocycles. The summed E-state index contributed by atoms with van der Waals surface area (Å²) in [6, 6.07) is 3.99. The summed E-state index contributed by atoms with van der Waals surface area (Å²) < 4.78 is 5.50. The van der Waals surface area contributed by atoms with Gasteiger partial charge in [0, 0.05) is 30.7 Å². The summed E-state index contributed by atoms with van der Waals surface area (Å²) in [6.07, 6.45) is 7.62. The van der Waals surface area contributed by atoms with Crippen LogP contribution in [0.25, 0.3) is 0 Å². The van der Waals surface area contributed by atoms with Gasteiger partial charge in [0.05, 0.1) is 19.3 Å². The van der Waals surface area contributed by atoms with E-state index in [2.05, 4.69) is 20.3 Å². The molecule has 20 heavy (non-hydrogen) atoms. The van der Waals surface area contributed by atoms with Crippen molar-refractivity contribution in [3.05, 3.63) is 48.3 Å². The molecular weight excluding hydrogens is 256 g/mol. The lowest BCUT2D eigenvalue weighted by atomic mass is 9.95. The Kier molecular flexibility index (Phi) is 3.73. The van der Waals surface area contributed by atoms with Crippen LogP contribution in [0.15, 0.2) is 36.9 Å². The minimum absolute atomic E-state index is 0.0146. The Morgan fingerprint density at radius 3 is 2.95 bits per heavy atom. The smallest absolute Gasteiger partial charge is 0.287 e. The van der Waals surface area contributed by atoms with Gasteiger partial charge in [-0.25, -0.2) is 4.98 Å². The third kappa shape index (κ3) is 2.85. The van der Waals surface area contributed by atoms with E-state index in [-0.39, 0.29) is 17.9 Å². The number of amides is 1. The van der Waals surface area contributed by atoms with Crippen molar-refractivity contribution in [2.75, 3.05) is 13.2 Å². The zero-order valence-electron chi connectivity index (χ0n) is 11.0. The molecule has 0 spiro atoms. The first-order valence-electron chi connectivity index (χ1n) is 6.60. The number of H-pyrrole nitrogens is 1. The summed E-state index contributed by atoms with van der Waals surface area (Å²) >= 11 is 0. The van der Waals surface area contributed by atoms with Crippen molar-refractivity contribution >= 4 is 5.91 Å². The standard InChI is InChI=1S/C14H16N4O2/c19-14(13-16-5-6-17-13)18-12-9-20-8-11(12)7-10-1-3-15-4-2-10/h1-6,11-12H,7-9H2,(H,16,17)(H,18,19)/t11-,12+/m1/s1. The normalized spacial score (nSPS) is 21.8. The molecule has 1 saturated heterocycles. The molecule has 3 rings (SSSR count). The van der Waals surface area contributed by atoms with Gasteiger partial charge < -0.3 is 15.0 Å². The summed E-state index contributed by atoms with van der Waals surface area (Å²) in [4.78, 5) is 22.8. The largest absolute Gasteiger partial charge is 0.379 e.